The van der Waals surface area contributed by atoms with Crippen LogP contribution in [0.4, 0.5) is 0 Å². The Kier molecular flexibility index (Phi) is 8.40. The van der Waals surface area contributed by atoms with Gasteiger partial charge in [-0.05, 0) is 77.8 Å². The third-order valence-corrected chi connectivity index (χ3v) is 10.3. The highest BCUT2D eigenvalue weighted by Crippen LogP contribution is 2.42. The SMILES string of the molecule is O=S(=O)(O)c1ccc(OS(=O)(=O)c2c(-c3ccccc3)cc(-c3ccccc3)cc2-c2ccccc2)c2c1CCCCCC2. The lowest BCUT2D eigenvalue weighted by atomic mass is 9.92. The predicted molar refractivity (Wildman–Crippen MR) is 173 cm³/mol. The zero-order valence-electron chi connectivity index (χ0n) is 24.0. The molecular formula is C36H32O6S2. The van der Waals surface area contributed by atoms with Gasteiger partial charge in [-0.2, -0.15) is 16.8 Å². The highest BCUT2D eigenvalue weighted by molar-refractivity contribution is 7.87. The fourth-order valence-corrected chi connectivity index (χ4v) is 8.14. The van der Waals surface area contributed by atoms with Crippen LogP contribution in [0.25, 0.3) is 33.4 Å². The summed E-state index contributed by atoms with van der Waals surface area (Å²) in [6.45, 7) is 0. The molecule has 0 saturated heterocycles. The first kappa shape index (κ1) is 29.8. The fraction of sp³-hybridized carbons (Fsp3) is 0.167. The van der Waals surface area contributed by atoms with E-state index in [1.54, 1.807) is 0 Å². The average Bonchev–Trinajstić information content (AvgIpc) is 3.01. The molecule has 44 heavy (non-hydrogen) atoms. The average molecular weight is 625 g/mol. The van der Waals surface area contributed by atoms with Gasteiger partial charge < -0.3 is 4.18 Å². The number of rotatable bonds is 7. The summed E-state index contributed by atoms with van der Waals surface area (Å²) in [5, 5.41) is 0. The number of hydrogen-bond acceptors (Lipinski definition) is 5. The highest BCUT2D eigenvalue weighted by atomic mass is 32.2. The molecule has 6 nitrogen and oxygen atoms in total. The topological polar surface area (TPSA) is 97.7 Å². The second kappa shape index (κ2) is 12.4. The van der Waals surface area contributed by atoms with E-state index in [0.717, 1.165) is 36.8 Å². The van der Waals surface area contributed by atoms with Crippen molar-refractivity contribution in [1.29, 1.82) is 0 Å². The standard InChI is InChI=1S/C36H32O6S2/c37-43(38,39)35-23-22-34(30-20-12-1-2-13-21-31(30)35)42-44(40,41)36-32(27-16-8-4-9-17-27)24-29(26-14-6-3-7-15-26)25-33(36)28-18-10-5-11-19-28/h3-11,14-19,22-25H,1-2,12-13,20-21H2,(H,37,38,39). The third kappa shape index (κ3) is 6.19. The molecule has 6 rings (SSSR count). The minimum Gasteiger partial charge on any atom is -0.379 e. The third-order valence-electron chi connectivity index (χ3n) is 8.04. The van der Waals surface area contributed by atoms with Gasteiger partial charge in [-0.25, -0.2) is 0 Å². The number of fused-ring (bicyclic) bond motifs is 1. The zero-order valence-corrected chi connectivity index (χ0v) is 25.7. The maximum Gasteiger partial charge on any atom is 0.340 e. The first-order valence-corrected chi connectivity index (χ1v) is 17.5. The minimum atomic E-state index is -4.51. The van der Waals surface area contributed by atoms with Gasteiger partial charge in [-0.3, -0.25) is 4.55 Å². The Hall–Kier alpha value is -4.24. The number of hydrogen-bond donors (Lipinski definition) is 1. The Morgan fingerprint density at radius 2 is 1.00 bits per heavy atom. The van der Waals surface area contributed by atoms with E-state index in [9.17, 15) is 21.4 Å². The molecule has 0 unspecified atom stereocenters. The summed E-state index contributed by atoms with van der Waals surface area (Å²) < 4.78 is 69.7. The van der Waals surface area contributed by atoms with Crippen molar-refractivity contribution in [3.05, 3.63) is 126 Å². The molecule has 0 saturated carbocycles. The largest absolute Gasteiger partial charge is 0.379 e. The monoisotopic (exact) mass is 624 g/mol. The summed E-state index contributed by atoms with van der Waals surface area (Å²) in [5.41, 5.74) is 5.12. The maximum atomic E-state index is 14.6. The highest BCUT2D eigenvalue weighted by Gasteiger charge is 2.30. The molecule has 0 bridgehead atoms. The van der Waals surface area contributed by atoms with Crippen LogP contribution >= 0.6 is 0 Å². The van der Waals surface area contributed by atoms with Crippen LogP contribution < -0.4 is 4.18 Å². The molecule has 0 fully saturated rings. The molecule has 1 N–H and O–H groups in total. The molecule has 0 spiro atoms. The van der Waals surface area contributed by atoms with Crippen LogP contribution in [0.3, 0.4) is 0 Å². The van der Waals surface area contributed by atoms with E-state index in [4.69, 9.17) is 4.18 Å². The Bertz CT molecular complexity index is 1950. The summed E-state index contributed by atoms with van der Waals surface area (Å²) in [7, 11) is -8.99. The number of benzene rings is 5. The lowest BCUT2D eigenvalue weighted by Gasteiger charge is -2.22. The van der Waals surface area contributed by atoms with E-state index < -0.39 is 20.2 Å². The van der Waals surface area contributed by atoms with Crippen LogP contribution in [-0.4, -0.2) is 21.4 Å². The quantitative estimate of drug-likeness (QED) is 0.144. The van der Waals surface area contributed by atoms with Gasteiger partial charge in [-0.15, -0.1) is 0 Å². The van der Waals surface area contributed by atoms with Crippen LogP contribution in [0.2, 0.25) is 0 Å². The van der Waals surface area contributed by atoms with Gasteiger partial charge in [0, 0.05) is 16.7 Å². The first-order chi connectivity index (χ1) is 21.2. The van der Waals surface area contributed by atoms with Crippen molar-refractivity contribution in [3.8, 4) is 39.1 Å². The van der Waals surface area contributed by atoms with E-state index in [0.29, 0.717) is 46.2 Å². The van der Waals surface area contributed by atoms with Crippen molar-refractivity contribution in [2.45, 2.75) is 48.3 Å². The molecule has 0 atom stereocenters. The van der Waals surface area contributed by atoms with Gasteiger partial charge in [0.05, 0.1) is 4.90 Å². The fourth-order valence-electron chi connectivity index (χ4n) is 5.99. The Labute approximate surface area is 258 Å². The maximum absolute atomic E-state index is 14.6. The molecule has 0 radical (unpaired) electrons. The van der Waals surface area contributed by atoms with Gasteiger partial charge in [0.15, 0.2) is 0 Å². The molecule has 0 amide bonds. The van der Waals surface area contributed by atoms with Crippen molar-refractivity contribution in [2.75, 3.05) is 0 Å². The van der Waals surface area contributed by atoms with Crippen molar-refractivity contribution in [3.63, 3.8) is 0 Å². The van der Waals surface area contributed by atoms with E-state index in [2.05, 4.69) is 0 Å². The van der Waals surface area contributed by atoms with Crippen LogP contribution in [0, 0.1) is 0 Å². The van der Waals surface area contributed by atoms with E-state index in [1.165, 1.54) is 12.1 Å². The summed E-state index contributed by atoms with van der Waals surface area (Å²) in [4.78, 5) is -0.172. The molecule has 1 aliphatic carbocycles. The van der Waals surface area contributed by atoms with Crippen LogP contribution in [0.1, 0.15) is 36.8 Å². The molecule has 0 aliphatic heterocycles. The van der Waals surface area contributed by atoms with Gasteiger partial charge >= 0.3 is 10.1 Å². The second-order valence-electron chi connectivity index (χ2n) is 10.9. The lowest BCUT2D eigenvalue weighted by molar-refractivity contribution is 0.475. The lowest BCUT2D eigenvalue weighted by Crippen LogP contribution is -2.16. The predicted octanol–water partition coefficient (Wildman–Crippen LogP) is 8.36. The van der Waals surface area contributed by atoms with Crippen molar-refractivity contribution < 1.29 is 25.6 Å². The molecule has 0 aromatic heterocycles. The van der Waals surface area contributed by atoms with E-state index in [1.807, 2.05) is 103 Å². The van der Waals surface area contributed by atoms with Crippen molar-refractivity contribution >= 4 is 20.2 Å². The first-order valence-electron chi connectivity index (χ1n) is 14.6. The van der Waals surface area contributed by atoms with E-state index >= 15 is 0 Å². The smallest absolute Gasteiger partial charge is 0.340 e. The molecule has 5 aromatic rings. The summed E-state index contributed by atoms with van der Waals surface area (Å²) in [5.74, 6) is 0.0828. The Morgan fingerprint density at radius 1 is 0.523 bits per heavy atom. The van der Waals surface area contributed by atoms with Crippen LogP contribution in [0.5, 0.6) is 5.75 Å². The minimum absolute atomic E-state index is 0.0213. The second-order valence-corrected chi connectivity index (χ2v) is 13.8. The molecule has 5 aromatic carbocycles. The summed E-state index contributed by atoms with van der Waals surface area (Å²) in [6.07, 6.45) is 4.16. The summed E-state index contributed by atoms with van der Waals surface area (Å²) >= 11 is 0. The van der Waals surface area contributed by atoms with Gasteiger partial charge in [-0.1, -0.05) is 104 Å². The molecular weight excluding hydrogens is 593 g/mol. The van der Waals surface area contributed by atoms with E-state index in [-0.39, 0.29) is 15.5 Å². The molecule has 0 heterocycles. The molecule has 224 valence electrons. The summed E-state index contributed by atoms with van der Waals surface area (Å²) in [6, 6.07) is 34.8. The normalized spacial score (nSPS) is 13.8. The zero-order chi connectivity index (χ0) is 30.7. The van der Waals surface area contributed by atoms with Gasteiger partial charge in [0.1, 0.15) is 10.6 Å². The molecule has 1 aliphatic rings. The van der Waals surface area contributed by atoms with Crippen LogP contribution in [-0.2, 0) is 33.1 Å². The van der Waals surface area contributed by atoms with Crippen LogP contribution in [0.15, 0.2) is 125 Å². The van der Waals surface area contributed by atoms with Gasteiger partial charge in [0.25, 0.3) is 10.1 Å². The molecule has 8 heteroatoms. The van der Waals surface area contributed by atoms with Crippen molar-refractivity contribution in [1.82, 2.24) is 0 Å². The van der Waals surface area contributed by atoms with Gasteiger partial charge in [0.2, 0.25) is 0 Å². The Balaban J connectivity index is 1.60. The Morgan fingerprint density at radius 3 is 1.50 bits per heavy atom. The van der Waals surface area contributed by atoms with Crippen molar-refractivity contribution in [2.24, 2.45) is 0 Å².